The van der Waals surface area contributed by atoms with E-state index >= 15 is 0 Å². The number of nitrogens with two attached hydrogens (primary N) is 1. The minimum Gasteiger partial charge on any atom is -0.393 e. The molecule has 1 rings (SSSR count). The molecular weight excluding hydrogens is 228 g/mol. The average molecular weight is 245 g/mol. The maximum absolute atomic E-state index is 5.86. The predicted octanol–water partition coefficient (Wildman–Crippen LogP) is 1.86. The lowest BCUT2D eigenvalue weighted by molar-refractivity contribution is 0.0343. The molecule has 16 heavy (non-hydrogen) atoms. The average Bonchev–Trinajstić information content (AvgIpc) is 2.21. The van der Waals surface area contributed by atoms with Crippen molar-refractivity contribution in [3.05, 3.63) is 11.0 Å². The Morgan fingerprint density at radius 1 is 1.44 bits per heavy atom. The number of rotatable bonds is 4. The summed E-state index contributed by atoms with van der Waals surface area (Å²) in [6, 6.07) is 0. The maximum atomic E-state index is 5.86. The molecule has 0 aliphatic heterocycles. The summed E-state index contributed by atoms with van der Waals surface area (Å²) in [5, 5.41) is 3.37. The number of nitrogens with one attached hydrogen (secondary N) is 1. The van der Waals surface area contributed by atoms with Crippen molar-refractivity contribution in [1.29, 1.82) is 0 Å². The number of hydrogen-bond donors (Lipinski definition) is 2. The van der Waals surface area contributed by atoms with Gasteiger partial charge in [0.2, 0.25) is 0 Å². The van der Waals surface area contributed by atoms with Crippen molar-refractivity contribution in [3.8, 4) is 0 Å². The van der Waals surface area contributed by atoms with Crippen LogP contribution in [-0.2, 0) is 4.74 Å². The molecule has 3 N–H and O–H groups in total. The van der Waals surface area contributed by atoms with Crippen LogP contribution in [0.2, 0.25) is 5.15 Å². The number of hydrogen-bond acceptors (Lipinski definition) is 5. The van der Waals surface area contributed by atoms with Gasteiger partial charge in [0, 0.05) is 13.7 Å². The fraction of sp³-hybridized carbons (Fsp3) is 0.600. The Morgan fingerprint density at radius 3 is 2.62 bits per heavy atom. The van der Waals surface area contributed by atoms with Crippen LogP contribution in [-0.4, -0.2) is 29.2 Å². The molecule has 0 aliphatic rings. The van der Waals surface area contributed by atoms with Crippen molar-refractivity contribution in [2.24, 2.45) is 0 Å². The molecule has 1 aromatic rings. The molecule has 0 aliphatic carbocycles. The SMILES string of the molecule is COC(C)(C)CNc1nc(C)nc(Cl)c1N. The van der Waals surface area contributed by atoms with Crippen molar-refractivity contribution in [2.75, 3.05) is 24.7 Å². The summed E-state index contributed by atoms with van der Waals surface area (Å²) in [6.07, 6.45) is 0. The fourth-order valence-electron chi connectivity index (χ4n) is 1.05. The highest BCUT2D eigenvalue weighted by atomic mass is 35.5. The highest BCUT2D eigenvalue weighted by Crippen LogP contribution is 2.24. The lowest BCUT2D eigenvalue weighted by atomic mass is 10.1. The summed E-state index contributed by atoms with van der Waals surface area (Å²) in [5.41, 5.74) is 5.83. The second-order valence-electron chi connectivity index (χ2n) is 4.14. The van der Waals surface area contributed by atoms with Crippen LogP contribution >= 0.6 is 11.6 Å². The van der Waals surface area contributed by atoms with Gasteiger partial charge in [-0.15, -0.1) is 0 Å². The first-order valence-corrected chi connectivity index (χ1v) is 5.32. The van der Waals surface area contributed by atoms with E-state index in [0.29, 0.717) is 23.9 Å². The largest absolute Gasteiger partial charge is 0.393 e. The van der Waals surface area contributed by atoms with E-state index in [1.165, 1.54) is 0 Å². The minimum absolute atomic E-state index is 0.269. The van der Waals surface area contributed by atoms with Gasteiger partial charge in [0.1, 0.15) is 11.5 Å². The van der Waals surface area contributed by atoms with E-state index in [1.54, 1.807) is 14.0 Å². The van der Waals surface area contributed by atoms with Gasteiger partial charge in [-0.25, -0.2) is 9.97 Å². The Labute approximate surface area is 100 Å². The van der Waals surface area contributed by atoms with Crippen LogP contribution in [0.4, 0.5) is 11.5 Å². The van der Waals surface area contributed by atoms with Crippen molar-refractivity contribution >= 4 is 23.1 Å². The maximum Gasteiger partial charge on any atom is 0.157 e. The van der Waals surface area contributed by atoms with E-state index in [4.69, 9.17) is 22.1 Å². The normalized spacial score (nSPS) is 11.6. The van der Waals surface area contributed by atoms with Gasteiger partial charge in [0.05, 0.1) is 5.60 Å². The molecule has 0 fully saturated rings. The molecule has 0 saturated carbocycles. The fourth-order valence-corrected chi connectivity index (χ4v) is 1.26. The van der Waals surface area contributed by atoms with E-state index in [0.717, 1.165) is 0 Å². The lowest BCUT2D eigenvalue weighted by Crippen LogP contribution is -2.32. The molecule has 1 heterocycles. The van der Waals surface area contributed by atoms with Crippen LogP contribution in [0.1, 0.15) is 19.7 Å². The number of aryl methyl sites for hydroxylation is 1. The Morgan fingerprint density at radius 2 is 2.06 bits per heavy atom. The number of aromatic nitrogens is 2. The Bertz CT molecular complexity index is 381. The first-order chi connectivity index (χ1) is 7.35. The van der Waals surface area contributed by atoms with Crippen molar-refractivity contribution < 1.29 is 4.74 Å². The molecule has 1 aromatic heterocycles. The number of ether oxygens (including phenoxy) is 1. The highest BCUT2D eigenvalue weighted by Gasteiger charge is 2.17. The molecule has 6 heteroatoms. The predicted molar refractivity (Wildman–Crippen MR) is 65.8 cm³/mol. The molecule has 0 bridgehead atoms. The Kier molecular flexibility index (Phi) is 3.93. The third kappa shape index (κ3) is 3.21. The Hall–Kier alpha value is -1.07. The minimum atomic E-state index is -0.294. The van der Waals surface area contributed by atoms with Gasteiger partial charge in [0.25, 0.3) is 0 Å². The monoisotopic (exact) mass is 244 g/mol. The number of nitrogens with zero attached hydrogens (tertiary/aromatic N) is 2. The highest BCUT2D eigenvalue weighted by molar-refractivity contribution is 6.32. The summed E-state index contributed by atoms with van der Waals surface area (Å²) in [5.74, 6) is 1.12. The first-order valence-electron chi connectivity index (χ1n) is 4.94. The zero-order chi connectivity index (χ0) is 12.3. The van der Waals surface area contributed by atoms with E-state index < -0.39 is 0 Å². The third-order valence-electron chi connectivity index (χ3n) is 2.25. The molecule has 5 nitrogen and oxygen atoms in total. The van der Waals surface area contributed by atoms with Crippen molar-refractivity contribution in [1.82, 2.24) is 9.97 Å². The van der Waals surface area contributed by atoms with Crippen LogP contribution in [0, 0.1) is 6.92 Å². The van der Waals surface area contributed by atoms with Gasteiger partial charge in [-0.05, 0) is 20.8 Å². The molecule has 0 radical (unpaired) electrons. The van der Waals surface area contributed by atoms with Crippen LogP contribution in [0.15, 0.2) is 0 Å². The van der Waals surface area contributed by atoms with E-state index in [2.05, 4.69) is 15.3 Å². The summed E-state index contributed by atoms with van der Waals surface area (Å²) < 4.78 is 5.28. The molecule has 0 spiro atoms. The zero-order valence-corrected chi connectivity index (χ0v) is 10.7. The second-order valence-corrected chi connectivity index (χ2v) is 4.50. The van der Waals surface area contributed by atoms with Gasteiger partial charge in [-0.1, -0.05) is 11.6 Å². The van der Waals surface area contributed by atoms with Gasteiger partial charge in [-0.3, -0.25) is 0 Å². The third-order valence-corrected chi connectivity index (χ3v) is 2.53. The summed E-state index contributed by atoms with van der Waals surface area (Å²) in [4.78, 5) is 8.14. The standard InChI is InChI=1S/C10H17ClN4O/c1-6-14-8(11)7(12)9(15-6)13-5-10(2,3)16-4/h5,12H2,1-4H3,(H,13,14,15). The van der Waals surface area contributed by atoms with Crippen LogP contribution < -0.4 is 11.1 Å². The number of methoxy groups -OCH3 is 1. The molecular formula is C10H17ClN4O. The number of anilines is 2. The summed E-state index contributed by atoms with van der Waals surface area (Å²) in [7, 11) is 1.66. The molecule has 0 saturated heterocycles. The molecule has 90 valence electrons. The van der Waals surface area contributed by atoms with Gasteiger partial charge < -0.3 is 15.8 Å². The molecule has 0 aromatic carbocycles. The quantitative estimate of drug-likeness (QED) is 0.791. The first kappa shape index (κ1) is 13.0. The van der Waals surface area contributed by atoms with E-state index in [-0.39, 0.29) is 10.8 Å². The summed E-state index contributed by atoms with van der Waals surface area (Å²) in [6.45, 7) is 6.27. The molecule has 0 unspecified atom stereocenters. The van der Waals surface area contributed by atoms with Gasteiger partial charge in [0.15, 0.2) is 11.0 Å². The Balaban J connectivity index is 2.82. The molecule has 0 atom stereocenters. The van der Waals surface area contributed by atoms with Crippen LogP contribution in [0.25, 0.3) is 0 Å². The van der Waals surface area contributed by atoms with E-state index in [1.807, 2.05) is 13.8 Å². The van der Waals surface area contributed by atoms with Crippen molar-refractivity contribution in [3.63, 3.8) is 0 Å². The zero-order valence-electron chi connectivity index (χ0n) is 9.97. The van der Waals surface area contributed by atoms with Gasteiger partial charge in [-0.2, -0.15) is 0 Å². The smallest absolute Gasteiger partial charge is 0.157 e. The van der Waals surface area contributed by atoms with Crippen molar-refractivity contribution in [2.45, 2.75) is 26.4 Å². The summed E-state index contributed by atoms with van der Waals surface area (Å²) >= 11 is 5.86. The topological polar surface area (TPSA) is 73.1 Å². The van der Waals surface area contributed by atoms with Gasteiger partial charge >= 0.3 is 0 Å². The second kappa shape index (κ2) is 4.84. The van der Waals surface area contributed by atoms with Crippen LogP contribution in [0.3, 0.4) is 0 Å². The number of nitrogen functional groups attached to an aromatic ring is 1. The molecule has 0 amide bonds. The number of halogens is 1. The van der Waals surface area contributed by atoms with Crippen LogP contribution in [0.5, 0.6) is 0 Å². The van der Waals surface area contributed by atoms with E-state index in [9.17, 15) is 0 Å². The lowest BCUT2D eigenvalue weighted by Gasteiger charge is -2.23.